The highest BCUT2D eigenvalue weighted by Crippen LogP contribution is 2.24. The number of aromatic nitrogens is 2. The first-order valence-electron chi connectivity index (χ1n) is 7.35. The third kappa shape index (κ3) is 3.77. The van der Waals surface area contributed by atoms with E-state index in [0.29, 0.717) is 11.3 Å². The molecule has 0 saturated heterocycles. The molecule has 0 aliphatic carbocycles. The maximum absolute atomic E-state index is 12.1. The molecule has 2 rings (SSSR count). The summed E-state index contributed by atoms with van der Waals surface area (Å²) in [6.45, 7) is 7.21. The van der Waals surface area contributed by atoms with Gasteiger partial charge in [-0.1, -0.05) is 12.1 Å². The first kappa shape index (κ1) is 16.7. The molecule has 0 unspecified atom stereocenters. The summed E-state index contributed by atoms with van der Waals surface area (Å²) in [6, 6.07) is 8.76. The van der Waals surface area contributed by atoms with Crippen LogP contribution in [0.5, 0.6) is 0 Å². The number of benzene rings is 1. The van der Waals surface area contributed by atoms with Crippen LogP contribution in [0.2, 0.25) is 0 Å². The van der Waals surface area contributed by atoms with Gasteiger partial charge in [-0.05, 0) is 51.5 Å². The van der Waals surface area contributed by atoms with Gasteiger partial charge in [0, 0.05) is 11.4 Å². The van der Waals surface area contributed by atoms with E-state index in [1.54, 1.807) is 42.8 Å². The van der Waals surface area contributed by atoms with Crippen LogP contribution in [0.25, 0.3) is 0 Å². The highest BCUT2D eigenvalue weighted by molar-refractivity contribution is 5.90. The Morgan fingerprint density at radius 3 is 2.30 bits per heavy atom. The lowest BCUT2D eigenvalue weighted by molar-refractivity contribution is -0.142. The van der Waals surface area contributed by atoms with Gasteiger partial charge in [0.15, 0.2) is 0 Å². The second-order valence-corrected chi connectivity index (χ2v) is 6.14. The molecule has 0 aliphatic heterocycles. The highest BCUT2D eigenvalue weighted by Gasteiger charge is 2.29. The molecule has 2 N–H and O–H groups in total. The molecule has 1 heterocycles. The molecule has 23 heavy (non-hydrogen) atoms. The molecule has 0 fully saturated rings. The normalized spacial score (nSPS) is 11.3. The van der Waals surface area contributed by atoms with Crippen molar-refractivity contribution in [3.05, 3.63) is 47.3 Å². The molecule has 0 bridgehead atoms. The predicted molar refractivity (Wildman–Crippen MR) is 87.4 cm³/mol. The number of aliphatic carboxylic acids is 1. The maximum atomic E-state index is 12.1. The number of carboxylic acids is 1. The predicted octanol–water partition coefficient (Wildman–Crippen LogP) is 2.50. The standard InChI is InChI=1S/C17H21N3O3/c1-11-9-12(2)20(19-11)10-15(21)18-14-7-5-13(6-8-14)17(3,4)16(22)23/h5-9H,10H2,1-4H3,(H,18,21)(H,22,23). The number of nitrogens with one attached hydrogen (secondary N) is 1. The van der Waals surface area contributed by atoms with Gasteiger partial charge < -0.3 is 10.4 Å². The van der Waals surface area contributed by atoms with Crippen LogP contribution >= 0.6 is 0 Å². The SMILES string of the molecule is Cc1cc(C)n(CC(=O)Nc2ccc(C(C)(C)C(=O)O)cc2)n1. The van der Waals surface area contributed by atoms with Gasteiger partial charge in [0.25, 0.3) is 0 Å². The number of hydrogen-bond acceptors (Lipinski definition) is 3. The van der Waals surface area contributed by atoms with Gasteiger partial charge in [-0.2, -0.15) is 5.10 Å². The molecule has 1 aromatic carbocycles. The molecule has 0 radical (unpaired) electrons. The highest BCUT2D eigenvalue weighted by atomic mass is 16.4. The van der Waals surface area contributed by atoms with Crippen molar-refractivity contribution < 1.29 is 14.7 Å². The van der Waals surface area contributed by atoms with Crippen molar-refractivity contribution in [1.82, 2.24) is 9.78 Å². The Morgan fingerprint density at radius 1 is 1.22 bits per heavy atom. The van der Waals surface area contributed by atoms with E-state index in [0.717, 1.165) is 11.4 Å². The maximum Gasteiger partial charge on any atom is 0.313 e. The number of rotatable bonds is 5. The second kappa shape index (κ2) is 6.24. The van der Waals surface area contributed by atoms with Crippen molar-refractivity contribution in [1.29, 1.82) is 0 Å². The molecule has 1 aromatic heterocycles. The van der Waals surface area contributed by atoms with Gasteiger partial charge in [0.1, 0.15) is 6.54 Å². The average molecular weight is 315 g/mol. The molecular weight excluding hydrogens is 294 g/mol. The molecular formula is C17H21N3O3. The van der Waals surface area contributed by atoms with E-state index in [4.69, 9.17) is 0 Å². The van der Waals surface area contributed by atoms with E-state index in [-0.39, 0.29) is 12.5 Å². The van der Waals surface area contributed by atoms with Gasteiger partial charge >= 0.3 is 5.97 Å². The topological polar surface area (TPSA) is 84.2 Å². The molecule has 0 aliphatic rings. The van der Waals surface area contributed by atoms with Crippen molar-refractivity contribution in [2.24, 2.45) is 0 Å². The summed E-state index contributed by atoms with van der Waals surface area (Å²) >= 11 is 0. The third-order valence-corrected chi connectivity index (χ3v) is 3.82. The van der Waals surface area contributed by atoms with Crippen molar-refractivity contribution in [3.8, 4) is 0 Å². The van der Waals surface area contributed by atoms with E-state index in [9.17, 15) is 14.7 Å². The van der Waals surface area contributed by atoms with Crippen molar-refractivity contribution >= 4 is 17.6 Å². The Balaban J connectivity index is 2.05. The summed E-state index contributed by atoms with van der Waals surface area (Å²) in [5, 5.41) is 16.3. The summed E-state index contributed by atoms with van der Waals surface area (Å²) in [6.07, 6.45) is 0. The first-order chi connectivity index (χ1) is 10.7. The minimum atomic E-state index is -0.966. The molecule has 0 saturated carbocycles. The summed E-state index contributed by atoms with van der Waals surface area (Å²) < 4.78 is 1.65. The van der Waals surface area contributed by atoms with E-state index >= 15 is 0 Å². The molecule has 0 spiro atoms. The fraction of sp³-hybridized carbons (Fsp3) is 0.353. The van der Waals surface area contributed by atoms with Gasteiger partial charge in [-0.3, -0.25) is 14.3 Å². The number of amides is 1. The van der Waals surface area contributed by atoms with Gasteiger partial charge in [0.2, 0.25) is 5.91 Å². The van der Waals surface area contributed by atoms with Crippen LogP contribution in [0.4, 0.5) is 5.69 Å². The van der Waals surface area contributed by atoms with Crippen LogP contribution in [0, 0.1) is 13.8 Å². The Labute approximate surface area is 135 Å². The molecule has 6 heteroatoms. The Bertz CT molecular complexity index is 730. The molecule has 0 atom stereocenters. The van der Waals surface area contributed by atoms with Crippen LogP contribution in [-0.4, -0.2) is 26.8 Å². The number of carbonyl (C=O) groups excluding carboxylic acids is 1. The van der Waals surface area contributed by atoms with Gasteiger partial charge in [-0.25, -0.2) is 0 Å². The lowest BCUT2D eigenvalue weighted by Crippen LogP contribution is -2.28. The summed E-state index contributed by atoms with van der Waals surface area (Å²) in [5.74, 6) is -1.07. The molecule has 6 nitrogen and oxygen atoms in total. The number of nitrogens with zero attached hydrogens (tertiary/aromatic N) is 2. The van der Waals surface area contributed by atoms with E-state index in [1.165, 1.54) is 0 Å². The summed E-state index contributed by atoms with van der Waals surface area (Å²) in [4.78, 5) is 23.3. The smallest absolute Gasteiger partial charge is 0.313 e. The quantitative estimate of drug-likeness (QED) is 0.888. The molecule has 2 aromatic rings. The zero-order valence-corrected chi connectivity index (χ0v) is 13.8. The number of aryl methyl sites for hydroxylation is 2. The second-order valence-electron chi connectivity index (χ2n) is 6.14. The van der Waals surface area contributed by atoms with E-state index < -0.39 is 11.4 Å². The van der Waals surface area contributed by atoms with Crippen LogP contribution in [0.15, 0.2) is 30.3 Å². The minimum absolute atomic E-state index is 0.141. The van der Waals surface area contributed by atoms with Crippen LogP contribution in [0.3, 0.4) is 0 Å². The monoisotopic (exact) mass is 315 g/mol. The number of anilines is 1. The van der Waals surface area contributed by atoms with E-state index in [1.807, 2.05) is 19.9 Å². The minimum Gasteiger partial charge on any atom is -0.481 e. The lowest BCUT2D eigenvalue weighted by atomic mass is 9.85. The number of carboxylic acid groups (broad SMARTS) is 1. The molecule has 122 valence electrons. The fourth-order valence-corrected chi connectivity index (χ4v) is 2.27. The molecule has 1 amide bonds. The Morgan fingerprint density at radius 2 is 1.83 bits per heavy atom. The van der Waals surface area contributed by atoms with Gasteiger partial charge in [-0.15, -0.1) is 0 Å². The Hall–Kier alpha value is -2.63. The summed E-state index contributed by atoms with van der Waals surface area (Å²) in [5.41, 5.74) is 2.14. The zero-order chi connectivity index (χ0) is 17.2. The van der Waals surface area contributed by atoms with Crippen LogP contribution in [-0.2, 0) is 21.5 Å². The Kier molecular flexibility index (Phi) is 4.54. The van der Waals surface area contributed by atoms with Gasteiger partial charge in [0.05, 0.1) is 11.1 Å². The van der Waals surface area contributed by atoms with Crippen LogP contribution in [0.1, 0.15) is 30.8 Å². The van der Waals surface area contributed by atoms with Crippen molar-refractivity contribution in [2.45, 2.75) is 39.7 Å². The largest absolute Gasteiger partial charge is 0.481 e. The lowest BCUT2D eigenvalue weighted by Gasteiger charge is -2.19. The van der Waals surface area contributed by atoms with Crippen LogP contribution < -0.4 is 5.32 Å². The number of carbonyl (C=O) groups is 2. The fourth-order valence-electron chi connectivity index (χ4n) is 2.27. The average Bonchev–Trinajstić information content (AvgIpc) is 2.77. The van der Waals surface area contributed by atoms with Crippen molar-refractivity contribution in [3.63, 3.8) is 0 Å². The summed E-state index contributed by atoms with van der Waals surface area (Å²) in [7, 11) is 0. The van der Waals surface area contributed by atoms with E-state index in [2.05, 4.69) is 10.4 Å². The zero-order valence-electron chi connectivity index (χ0n) is 13.8. The third-order valence-electron chi connectivity index (χ3n) is 3.82. The van der Waals surface area contributed by atoms with Crippen molar-refractivity contribution in [2.75, 3.05) is 5.32 Å². The first-order valence-corrected chi connectivity index (χ1v) is 7.35. The number of hydrogen-bond donors (Lipinski definition) is 2.